The number of morpholine rings is 1. The zero-order chi connectivity index (χ0) is 13.1. The van der Waals surface area contributed by atoms with Crippen LogP contribution >= 0.6 is 0 Å². The van der Waals surface area contributed by atoms with Gasteiger partial charge in [0.25, 0.3) is 0 Å². The molecule has 1 amide bonds. The largest absolute Gasteiger partial charge is 0.372 e. The van der Waals surface area contributed by atoms with Crippen LogP contribution < -0.4 is 5.69 Å². The van der Waals surface area contributed by atoms with Crippen molar-refractivity contribution in [1.82, 2.24) is 14.5 Å². The Labute approximate surface area is 105 Å². The first-order valence-corrected chi connectivity index (χ1v) is 6.01. The molecule has 1 aromatic rings. The van der Waals surface area contributed by atoms with Gasteiger partial charge in [-0.05, 0) is 19.9 Å². The van der Waals surface area contributed by atoms with Gasteiger partial charge >= 0.3 is 5.69 Å². The highest BCUT2D eigenvalue weighted by molar-refractivity contribution is 5.76. The van der Waals surface area contributed by atoms with Crippen molar-refractivity contribution in [3.63, 3.8) is 0 Å². The van der Waals surface area contributed by atoms with E-state index in [1.54, 1.807) is 17.2 Å². The summed E-state index contributed by atoms with van der Waals surface area (Å²) in [5.41, 5.74) is -0.403. The van der Waals surface area contributed by atoms with Crippen molar-refractivity contribution in [3.05, 3.63) is 28.9 Å². The first kappa shape index (κ1) is 12.8. The maximum Gasteiger partial charge on any atom is 0.347 e. The maximum absolute atomic E-state index is 12.1. The number of amides is 1. The summed E-state index contributed by atoms with van der Waals surface area (Å²) < 4.78 is 6.88. The molecular formula is C12H17N3O3. The van der Waals surface area contributed by atoms with Crippen LogP contribution in [0.4, 0.5) is 0 Å². The van der Waals surface area contributed by atoms with Crippen molar-refractivity contribution in [2.45, 2.75) is 32.6 Å². The van der Waals surface area contributed by atoms with Gasteiger partial charge in [0, 0.05) is 25.5 Å². The highest BCUT2D eigenvalue weighted by Gasteiger charge is 2.25. The fourth-order valence-corrected chi connectivity index (χ4v) is 2.13. The number of hydrogen-bond donors (Lipinski definition) is 0. The fourth-order valence-electron chi connectivity index (χ4n) is 2.13. The zero-order valence-electron chi connectivity index (χ0n) is 10.6. The van der Waals surface area contributed by atoms with Crippen molar-refractivity contribution in [2.24, 2.45) is 0 Å². The Bertz CT molecular complexity index is 475. The lowest BCUT2D eigenvalue weighted by atomic mass is 10.2. The van der Waals surface area contributed by atoms with Crippen LogP contribution in [0.5, 0.6) is 0 Å². The van der Waals surface area contributed by atoms with Crippen molar-refractivity contribution in [2.75, 3.05) is 13.1 Å². The van der Waals surface area contributed by atoms with E-state index in [-0.39, 0.29) is 24.7 Å². The molecule has 0 unspecified atom stereocenters. The highest BCUT2D eigenvalue weighted by Crippen LogP contribution is 2.10. The van der Waals surface area contributed by atoms with E-state index >= 15 is 0 Å². The number of aromatic nitrogens is 2. The summed E-state index contributed by atoms with van der Waals surface area (Å²) in [6.07, 6.45) is 3.05. The Morgan fingerprint density at radius 1 is 1.44 bits per heavy atom. The smallest absolute Gasteiger partial charge is 0.347 e. The third-order valence-electron chi connectivity index (χ3n) is 2.86. The maximum atomic E-state index is 12.1. The zero-order valence-corrected chi connectivity index (χ0v) is 10.6. The van der Waals surface area contributed by atoms with Crippen LogP contribution in [0.25, 0.3) is 0 Å². The number of carbonyl (C=O) groups excluding carboxylic acids is 1. The predicted molar refractivity (Wildman–Crippen MR) is 65.1 cm³/mol. The summed E-state index contributed by atoms with van der Waals surface area (Å²) in [4.78, 5) is 28.9. The number of carbonyl (C=O) groups is 1. The molecule has 1 aromatic heterocycles. The van der Waals surface area contributed by atoms with Gasteiger partial charge in [-0.25, -0.2) is 9.78 Å². The van der Waals surface area contributed by atoms with Gasteiger partial charge < -0.3 is 9.64 Å². The molecule has 1 fully saturated rings. The minimum Gasteiger partial charge on any atom is -0.372 e. The van der Waals surface area contributed by atoms with Crippen LogP contribution in [-0.2, 0) is 16.1 Å². The van der Waals surface area contributed by atoms with E-state index in [1.807, 2.05) is 13.8 Å². The third-order valence-corrected chi connectivity index (χ3v) is 2.86. The molecule has 0 aromatic carbocycles. The fraction of sp³-hybridized carbons (Fsp3) is 0.583. The molecule has 1 aliphatic rings. The summed E-state index contributed by atoms with van der Waals surface area (Å²) >= 11 is 0. The van der Waals surface area contributed by atoms with Crippen LogP contribution in [-0.4, -0.2) is 45.7 Å². The van der Waals surface area contributed by atoms with Gasteiger partial charge in [0.2, 0.25) is 5.91 Å². The summed E-state index contributed by atoms with van der Waals surface area (Å²) in [7, 11) is 0. The van der Waals surface area contributed by atoms with Crippen LogP contribution in [0.15, 0.2) is 23.3 Å². The average Bonchev–Trinajstić information content (AvgIpc) is 2.31. The minimum absolute atomic E-state index is 0.0309. The second-order valence-corrected chi connectivity index (χ2v) is 4.59. The lowest BCUT2D eigenvalue weighted by Crippen LogP contribution is -2.49. The third kappa shape index (κ3) is 2.95. The van der Waals surface area contributed by atoms with E-state index in [0.29, 0.717) is 13.1 Å². The SMILES string of the molecule is C[C@@H]1CN(C(=O)Cn2cccnc2=O)C[C@H](C)O1. The molecule has 6 heteroatoms. The molecule has 2 atom stereocenters. The molecule has 0 radical (unpaired) electrons. The second kappa shape index (κ2) is 5.30. The number of hydrogen-bond acceptors (Lipinski definition) is 4. The molecule has 1 saturated heterocycles. The molecule has 6 nitrogen and oxygen atoms in total. The minimum atomic E-state index is -0.403. The molecule has 2 heterocycles. The van der Waals surface area contributed by atoms with E-state index in [0.717, 1.165) is 0 Å². The summed E-state index contributed by atoms with van der Waals surface area (Å²) in [6.45, 7) is 5.04. The molecule has 18 heavy (non-hydrogen) atoms. The Morgan fingerprint density at radius 2 is 2.11 bits per heavy atom. The lowest BCUT2D eigenvalue weighted by Gasteiger charge is -2.35. The molecule has 2 rings (SSSR count). The molecule has 98 valence electrons. The normalized spacial score (nSPS) is 24.0. The van der Waals surface area contributed by atoms with Gasteiger partial charge in [0.05, 0.1) is 12.2 Å². The average molecular weight is 251 g/mol. The molecule has 1 aliphatic heterocycles. The van der Waals surface area contributed by atoms with Gasteiger partial charge in [0.1, 0.15) is 6.54 Å². The topological polar surface area (TPSA) is 64.4 Å². The number of nitrogens with zero attached hydrogens (tertiary/aromatic N) is 3. The number of ether oxygens (including phenoxy) is 1. The highest BCUT2D eigenvalue weighted by atomic mass is 16.5. The summed E-state index contributed by atoms with van der Waals surface area (Å²) in [5.74, 6) is -0.0768. The predicted octanol–water partition coefficient (Wildman–Crippen LogP) is -0.121. The molecule has 0 bridgehead atoms. The molecular weight excluding hydrogens is 234 g/mol. The Balaban J connectivity index is 2.04. The molecule has 0 spiro atoms. The quantitative estimate of drug-likeness (QED) is 0.735. The van der Waals surface area contributed by atoms with E-state index in [4.69, 9.17) is 4.74 Å². The van der Waals surface area contributed by atoms with Gasteiger partial charge in [0.15, 0.2) is 0 Å². The van der Waals surface area contributed by atoms with Crippen molar-refractivity contribution in [1.29, 1.82) is 0 Å². The monoisotopic (exact) mass is 251 g/mol. The van der Waals surface area contributed by atoms with Gasteiger partial charge in [-0.1, -0.05) is 0 Å². The van der Waals surface area contributed by atoms with Crippen LogP contribution in [0.2, 0.25) is 0 Å². The molecule has 0 aliphatic carbocycles. The molecule has 0 saturated carbocycles. The Kier molecular flexibility index (Phi) is 3.76. The standard InChI is InChI=1S/C12H17N3O3/c1-9-6-15(7-10(2)18-9)11(16)8-14-5-3-4-13-12(14)17/h3-5,9-10H,6-8H2,1-2H3/t9-,10+. The van der Waals surface area contributed by atoms with Crippen molar-refractivity contribution >= 4 is 5.91 Å². The summed E-state index contributed by atoms with van der Waals surface area (Å²) in [5, 5.41) is 0. The van der Waals surface area contributed by atoms with Crippen LogP contribution in [0, 0.1) is 0 Å². The van der Waals surface area contributed by atoms with Gasteiger partial charge in [-0.15, -0.1) is 0 Å². The number of rotatable bonds is 2. The first-order chi connectivity index (χ1) is 8.56. The van der Waals surface area contributed by atoms with Crippen LogP contribution in [0.1, 0.15) is 13.8 Å². The van der Waals surface area contributed by atoms with Crippen molar-refractivity contribution in [3.8, 4) is 0 Å². The van der Waals surface area contributed by atoms with Crippen molar-refractivity contribution < 1.29 is 9.53 Å². The van der Waals surface area contributed by atoms with E-state index in [1.165, 1.54) is 10.8 Å². The molecule has 0 N–H and O–H groups in total. The lowest BCUT2D eigenvalue weighted by molar-refractivity contribution is -0.143. The Morgan fingerprint density at radius 3 is 2.72 bits per heavy atom. The van der Waals surface area contributed by atoms with Crippen LogP contribution in [0.3, 0.4) is 0 Å². The second-order valence-electron chi connectivity index (χ2n) is 4.59. The van der Waals surface area contributed by atoms with E-state index in [2.05, 4.69) is 4.98 Å². The van der Waals surface area contributed by atoms with E-state index in [9.17, 15) is 9.59 Å². The Hall–Kier alpha value is -1.69. The van der Waals surface area contributed by atoms with Gasteiger partial charge in [-0.2, -0.15) is 0 Å². The first-order valence-electron chi connectivity index (χ1n) is 6.01. The van der Waals surface area contributed by atoms with E-state index < -0.39 is 5.69 Å². The summed E-state index contributed by atoms with van der Waals surface area (Å²) in [6, 6.07) is 1.64. The van der Waals surface area contributed by atoms with Gasteiger partial charge in [-0.3, -0.25) is 9.36 Å².